The third-order valence-corrected chi connectivity index (χ3v) is 7.65. The Hall–Kier alpha value is -4.39. The summed E-state index contributed by atoms with van der Waals surface area (Å²) in [6.07, 6.45) is 6.86. The summed E-state index contributed by atoms with van der Waals surface area (Å²) < 4.78 is 38.3. The number of hydrogen-bond donors (Lipinski definition) is 2. The van der Waals surface area contributed by atoms with Crippen molar-refractivity contribution in [1.29, 1.82) is 5.41 Å². The van der Waals surface area contributed by atoms with Crippen LogP contribution >= 0.6 is 0 Å². The quantitative estimate of drug-likeness (QED) is 0.112. The van der Waals surface area contributed by atoms with E-state index in [0.717, 1.165) is 41.0 Å². The Labute approximate surface area is 259 Å². The van der Waals surface area contributed by atoms with Gasteiger partial charge in [-0.1, -0.05) is 82.0 Å². The molecule has 0 aliphatic carbocycles. The molecule has 4 nitrogen and oxygen atoms in total. The van der Waals surface area contributed by atoms with Crippen molar-refractivity contribution in [2.45, 2.75) is 71.4 Å². The van der Waals surface area contributed by atoms with E-state index in [9.17, 15) is 13.2 Å². The molecule has 0 radical (unpaired) electrons. The number of pyridine rings is 1. The molecule has 0 saturated heterocycles. The normalized spacial score (nSPS) is 11.9. The Morgan fingerprint density at radius 2 is 1.16 bits per heavy atom. The maximum atomic E-state index is 12.8. The predicted octanol–water partition coefficient (Wildman–Crippen LogP) is 10.5. The summed E-state index contributed by atoms with van der Waals surface area (Å²) in [6.45, 7) is 4.44. The van der Waals surface area contributed by atoms with Crippen LogP contribution in [0.1, 0.15) is 69.2 Å². The second-order valence-corrected chi connectivity index (χ2v) is 11.1. The highest BCUT2D eigenvalue weighted by Gasteiger charge is 2.31. The van der Waals surface area contributed by atoms with Gasteiger partial charge >= 0.3 is 6.18 Å². The van der Waals surface area contributed by atoms with Crippen molar-refractivity contribution in [3.63, 3.8) is 0 Å². The van der Waals surface area contributed by atoms with Gasteiger partial charge in [-0.25, -0.2) is 0 Å². The number of nitrogens with zero attached hydrogens (tertiary/aromatic N) is 2. The topological polar surface area (TPSA) is 66.0 Å². The summed E-state index contributed by atoms with van der Waals surface area (Å²) >= 11 is 0. The zero-order valence-electron chi connectivity index (χ0n) is 25.5. The van der Waals surface area contributed by atoms with E-state index in [1.54, 1.807) is 12.3 Å². The molecule has 0 bridgehead atoms. The lowest BCUT2D eigenvalue weighted by molar-refractivity contribution is -0.0925. The first kappa shape index (κ1) is 32.5. The van der Waals surface area contributed by atoms with Crippen LogP contribution in [0, 0.1) is 5.41 Å². The highest BCUT2D eigenvalue weighted by molar-refractivity contribution is 6.05. The van der Waals surface area contributed by atoms with Crippen LogP contribution in [0.2, 0.25) is 0 Å². The summed E-state index contributed by atoms with van der Waals surface area (Å²) in [5.74, 6) is 0. The average molecular weight is 599 g/mol. The van der Waals surface area contributed by atoms with Crippen LogP contribution in [0.5, 0.6) is 0 Å². The molecule has 0 aliphatic rings. The van der Waals surface area contributed by atoms with Crippen LogP contribution in [0.3, 0.4) is 0 Å². The Balaban J connectivity index is 1.58. The molecule has 230 valence electrons. The maximum absolute atomic E-state index is 12.8. The zero-order valence-corrected chi connectivity index (χ0v) is 25.5. The molecule has 0 atom stereocenters. The van der Waals surface area contributed by atoms with Gasteiger partial charge in [-0.2, -0.15) is 13.2 Å². The summed E-state index contributed by atoms with van der Waals surface area (Å²) in [6, 6.07) is 29.0. The van der Waals surface area contributed by atoms with E-state index in [0.29, 0.717) is 6.08 Å². The Morgan fingerprint density at radius 1 is 0.705 bits per heavy atom. The van der Waals surface area contributed by atoms with Gasteiger partial charge in [0.25, 0.3) is 0 Å². The molecule has 0 unspecified atom stereocenters. The molecule has 3 aromatic carbocycles. The van der Waals surface area contributed by atoms with Gasteiger partial charge in [0.1, 0.15) is 5.70 Å². The number of allylic oxidation sites excluding steroid dienone is 2. The Bertz CT molecular complexity index is 1450. The molecule has 1 heterocycles. The third-order valence-electron chi connectivity index (χ3n) is 7.65. The van der Waals surface area contributed by atoms with Gasteiger partial charge in [0.2, 0.25) is 0 Å². The molecule has 4 rings (SSSR count). The molecule has 7 heteroatoms. The van der Waals surface area contributed by atoms with Crippen LogP contribution in [0.15, 0.2) is 103 Å². The van der Waals surface area contributed by atoms with Crippen LogP contribution < -0.4 is 10.6 Å². The number of anilines is 3. The summed E-state index contributed by atoms with van der Waals surface area (Å²) in [4.78, 5) is 6.46. The van der Waals surface area contributed by atoms with Crippen molar-refractivity contribution in [3.05, 3.63) is 120 Å². The zero-order chi connectivity index (χ0) is 31.5. The number of nitrogens with two attached hydrogens (primary N) is 1. The number of unbranched alkanes of at least 4 members (excludes halogenated alkanes) is 4. The molecule has 0 amide bonds. The molecule has 1 aromatic heterocycles. The number of benzene rings is 3. The van der Waals surface area contributed by atoms with E-state index >= 15 is 0 Å². The highest BCUT2D eigenvalue weighted by atomic mass is 19.4. The van der Waals surface area contributed by atoms with E-state index in [1.807, 2.05) is 12.1 Å². The van der Waals surface area contributed by atoms with Crippen molar-refractivity contribution in [2.24, 2.45) is 5.73 Å². The van der Waals surface area contributed by atoms with E-state index in [1.165, 1.54) is 55.7 Å². The number of aromatic nitrogens is 1. The first-order chi connectivity index (χ1) is 21.2. The lowest BCUT2D eigenvalue weighted by Crippen LogP contribution is -2.20. The van der Waals surface area contributed by atoms with Gasteiger partial charge < -0.3 is 10.6 Å². The van der Waals surface area contributed by atoms with Crippen LogP contribution in [0.25, 0.3) is 11.1 Å². The molecular weight excluding hydrogens is 557 g/mol. The lowest BCUT2D eigenvalue weighted by Gasteiger charge is -2.26. The van der Waals surface area contributed by atoms with Crippen LogP contribution in [-0.4, -0.2) is 16.9 Å². The van der Waals surface area contributed by atoms with Crippen LogP contribution in [0.4, 0.5) is 30.2 Å². The molecule has 0 saturated carbocycles. The standard InChI is InChI=1S/C37H41F3N4/c1-3-5-7-9-27-11-18-31(19-12-27)44(32-20-13-28(14-21-32)10-8-6-4-2)33-22-15-29(16-23-33)30-17-24-35(43-26-30)34(41)25-36(42)37(38,39)40/h11-26,41H,3-10,42H2,1-2H3. The lowest BCUT2D eigenvalue weighted by atomic mass is 10.0. The van der Waals surface area contributed by atoms with Gasteiger partial charge in [-0.05, 0) is 90.9 Å². The van der Waals surface area contributed by atoms with Crippen molar-refractivity contribution < 1.29 is 13.2 Å². The monoisotopic (exact) mass is 598 g/mol. The predicted molar refractivity (Wildman–Crippen MR) is 176 cm³/mol. The fraction of sp³-hybridized carbons (Fsp3) is 0.297. The number of halogens is 3. The van der Waals surface area contributed by atoms with Gasteiger partial charge in [0, 0.05) is 28.8 Å². The first-order valence-electron chi connectivity index (χ1n) is 15.4. The average Bonchev–Trinajstić information content (AvgIpc) is 3.03. The second kappa shape index (κ2) is 15.4. The van der Waals surface area contributed by atoms with Gasteiger partial charge in [-0.3, -0.25) is 10.4 Å². The van der Waals surface area contributed by atoms with Crippen molar-refractivity contribution in [2.75, 3.05) is 4.90 Å². The largest absolute Gasteiger partial charge is 0.430 e. The van der Waals surface area contributed by atoms with Crippen molar-refractivity contribution in [3.8, 4) is 11.1 Å². The third kappa shape index (κ3) is 8.82. The van der Waals surface area contributed by atoms with E-state index < -0.39 is 17.6 Å². The SMILES string of the molecule is CCCCCc1ccc(N(c2ccc(CCCCC)cc2)c2ccc(-c3ccc(C(=N)C=C(N)C(F)(F)F)nc3)cc2)cc1. The van der Waals surface area contributed by atoms with E-state index in [2.05, 4.69) is 84.4 Å². The Kier molecular flexibility index (Phi) is 11.4. The van der Waals surface area contributed by atoms with E-state index in [4.69, 9.17) is 11.1 Å². The summed E-state index contributed by atoms with van der Waals surface area (Å²) in [7, 11) is 0. The fourth-order valence-electron chi connectivity index (χ4n) is 5.07. The highest BCUT2D eigenvalue weighted by Crippen LogP contribution is 2.36. The smallest absolute Gasteiger partial charge is 0.395 e. The summed E-state index contributed by atoms with van der Waals surface area (Å²) in [5.41, 5.74) is 11.0. The number of aryl methyl sites for hydroxylation is 2. The van der Waals surface area contributed by atoms with Gasteiger partial charge in [-0.15, -0.1) is 0 Å². The summed E-state index contributed by atoms with van der Waals surface area (Å²) in [5, 5.41) is 7.94. The minimum atomic E-state index is -4.69. The molecule has 0 spiro atoms. The minimum absolute atomic E-state index is 0.111. The molecule has 3 N–H and O–H groups in total. The Morgan fingerprint density at radius 3 is 1.57 bits per heavy atom. The minimum Gasteiger partial charge on any atom is -0.395 e. The molecule has 4 aromatic rings. The van der Waals surface area contributed by atoms with Crippen molar-refractivity contribution in [1.82, 2.24) is 4.98 Å². The molecule has 44 heavy (non-hydrogen) atoms. The van der Waals surface area contributed by atoms with Gasteiger partial charge in [0.15, 0.2) is 0 Å². The first-order valence-corrected chi connectivity index (χ1v) is 15.4. The number of nitrogens with one attached hydrogen (secondary N) is 1. The number of alkyl halides is 3. The second-order valence-electron chi connectivity index (χ2n) is 11.1. The van der Waals surface area contributed by atoms with Crippen molar-refractivity contribution >= 4 is 22.8 Å². The van der Waals surface area contributed by atoms with E-state index in [-0.39, 0.29) is 5.69 Å². The number of hydrogen-bond acceptors (Lipinski definition) is 4. The maximum Gasteiger partial charge on any atom is 0.430 e. The molecular formula is C37H41F3N4. The van der Waals surface area contributed by atoms with Gasteiger partial charge in [0.05, 0.1) is 11.4 Å². The fourth-order valence-corrected chi connectivity index (χ4v) is 5.07. The molecule has 0 fully saturated rings. The number of rotatable bonds is 14. The molecule has 0 aliphatic heterocycles. The van der Waals surface area contributed by atoms with Crippen LogP contribution in [-0.2, 0) is 12.8 Å².